The third-order valence-electron chi connectivity index (χ3n) is 2.76. The predicted molar refractivity (Wildman–Crippen MR) is 64.7 cm³/mol. The molecule has 0 rings (SSSR count). The van der Waals surface area contributed by atoms with Gasteiger partial charge in [-0.15, -0.1) is 0 Å². The second-order valence-electron chi connectivity index (χ2n) is 4.55. The van der Waals surface area contributed by atoms with Crippen molar-refractivity contribution in [2.24, 2.45) is 5.92 Å². The molecule has 0 unspecified atom stereocenters. The molecular weight excluding hydrogens is 172 g/mol. The minimum atomic E-state index is 0.758. The Balaban J connectivity index is 3.47. The lowest BCUT2D eigenvalue weighted by molar-refractivity contribution is 0.229. The molecule has 0 amide bonds. The first kappa shape index (κ1) is 13.9. The summed E-state index contributed by atoms with van der Waals surface area (Å²) in [4.78, 5) is 2.47. The van der Waals surface area contributed by atoms with Crippen LogP contribution in [0.1, 0.15) is 40.5 Å². The van der Waals surface area contributed by atoms with Crippen molar-refractivity contribution in [2.75, 3.05) is 26.7 Å². The zero-order valence-corrected chi connectivity index (χ0v) is 10.6. The first-order valence-corrected chi connectivity index (χ1v) is 6.02. The predicted octanol–water partition coefficient (Wildman–Crippen LogP) is 2.35. The fraction of sp³-hybridized carbons (Fsp3) is 1.00. The van der Waals surface area contributed by atoms with Crippen LogP contribution in [0.5, 0.6) is 0 Å². The summed E-state index contributed by atoms with van der Waals surface area (Å²) in [5.74, 6) is 0.758. The average molecular weight is 200 g/mol. The molecule has 2 nitrogen and oxygen atoms in total. The van der Waals surface area contributed by atoms with Gasteiger partial charge in [-0.2, -0.15) is 0 Å². The van der Waals surface area contributed by atoms with Crippen LogP contribution in [0.2, 0.25) is 0 Å². The molecule has 0 spiro atoms. The maximum Gasteiger partial charge on any atom is 0.0107 e. The van der Waals surface area contributed by atoms with Crippen LogP contribution in [-0.2, 0) is 0 Å². The molecule has 0 aliphatic rings. The van der Waals surface area contributed by atoms with Gasteiger partial charge in [0, 0.05) is 19.1 Å². The van der Waals surface area contributed by atoms with E-state index in [0.717, 1.165) is 25.0 Å². The van der Waals surface area contributed by atoms with Crippen LogP contribution in [0, 0.1) is 5.92 Å². The Morgan fingerprint density at radius 2 is 1.71 bits per heavy atom. The van der Waals surface area contributed by atoms with Crippen LogP contribution in [0.25, 0.3) is 0 Å². The summed E-state index contributed by atoms with van der Waals surface area (Å²) in [6, 6.07) is 0.760. The lowest BCUT2D eigenvalue weighted by atomic mass is 10.1. The van der Waals surface area contributed by atoms with Gasteiger partial charge in [0.1, 0.15) is 0 Å². The van der Waals surface area contributed by atoms with Crippen molar-refractivity contribution in [2.45, 2.75) is 46.6 Å². The molecule has 0 saturated heterocycles. The molecule has 0 saturated carbocycles. The fourth-order valence-electron chi connectivity index (χ4n) is 1.74. The molecule has 0 aromatic heterocycles. The Hall–Kier alpha value is -0.0800. The molecule has 0 atom stereocenters. The lowest BCUT2D eigenvalue weighted by Gasteiger charge is -2.26. The Morgan fingerprint density at radius 3 is 2.14 bits per heavy atom. The highest BCUT2D eigenvalue weighted by atomic mass is 15.1. The van der Waals surface area contributed by atoms with Crippen LogP contribution >= 0.6 is 0 Å². The summed E-state index contributed by atoms with van der Waals surface area (Å²) in [5, 5.41) is 3.48. The molecule has 86 valence electrons. The molecule has 0 aromatic rings. The van der Waals surface area contributed by atoms with Crippen LogP contribution in [-0.4, -0.2) is 37.6 Å². The molecule has 14 heavy (non-hydrogen) atoms. The van der Waals surface area contributed by atoms with E-state index < -0.39 is 0 Å². The number of nitrogens with one attached hydrogen (secondary N) is 1. The van der Waals surface area contributed by atoms with E-state index >= 15 is 0 Å². The van der Waals surface area contributed by atoms with Gasteiger partial charge in [0.2, 0.25) is 0 Å². The average Bonchev–Trinajstić information content (AvgIpc) is 2.14. The quantitative estimate of drug-likeness (QED) is 0.605. The molecule has 2 heteroatoms. The maximum atomic E-state index is 3.48. The highest BCUT2D eigenvalue weighted by molar-refractivity contribution is 4.66. The van der Waals surface area contributed by atoms with Crippen LogP contribution in [0.15, 0.2) is 0 Å². The first-order chi connectivity index (χ1) is 6.61. The van der Waals surface area contributed by atoms with Gasteiger partial charge in [0.25, 0.3) is 0 Å². The molecule has 0 heterocycles. The van der Waals surface area contributed by atoms with E-state index in [1.54, 1.807) is 0 Å². The summed E-state index contributed by atoms with van der Waals surface area (Å²) in [6.07, 6.45) is 2.52. The summed E-state index contributed by atoms with van der Waals surface area (Å²) < 4.78 is 0. The standard InChI is InChI=1S/C12H28N2/c1-6-12(7-2)14(5)9-8-13-10-11(3)4/h11-13H,6-10H2,1-5H3. The SMILES string of the molecule is CCC(CC)N(C)CCNCC(C)C. The summed E-state index contributed by atoms with van der Waals surface area (Å²) >= 11 is 0. The zero-order valence-electron chi connectivity index (χ0n) is 10.6. The van der Waals surface area contributed by atoms with Gasteiger partial charge in [0.15, 0.2) is 0 Å². The van der Waals surface area contributed by atoms with E-state index in [1.807, 2.05) is 0 Å². The molecule has 0 aliphatic heterocycles. The number of hydrogen-bond donors (Lipinski definition) is 1. The monoisotopic (exact) mass is 200 g/mol. The molecular formula is C12H28N2. The van der Waals surface area contributed by atoms with E-state index in [9.17, 15) is 0 Å². The Bertz CT molecular complexity index is 119. The van der Waals surface area contributed by atoms with Crippen LogP contribution < -0.4 is 5.32 Å². The molecule has 1 N–H and O–H groups in total. The van der Waals surface area contributed by atoms with Crippen molar-refractivity contribution in [3.63, 3.8) is 0 Å². The van der Waals surface area contributed by atoms with E-state index in [0.29, 0.717) is 0 Å². The Labute approximate surface area is 90.1 Å². The Morgan fingerprint density at radius 1 is 1.14 bits per heavy atom. The first-order valence-electron chi connectivity index (χ1n) is 6.02. The van der Waals surface area contributed by atoms with Gasteiger partial charge < -0.3 is 10.2 Å². The third-order valence-corrected chi connectivity index (χ3v) is 2.76. The second-order valence-corrected chi connectivity index (χ2v) is 4.55. The fourth-order valence-corrected chi connectivity index (χ4v) is 1.74. The van der Waals surface area contributed by atoms with E-state index in [-0.39, 0.29) is 0 Å². The minimum Gasteiger partial charge on any atom is -0.315 e. The van der Waals surface area contributed by atoms with Crippen molar-refractivity contribution in [1.82, 2.24) is 10.2 Å². The minimum absolute atomic E-state index is 0.758. The van der Waals surface area contributed by atoms with E-state index in [2.05, 4.69) is 45.0 Å². The van der Waals surface area contributed by atoms with Gasteiger partial charge in [-0.05, 0) is 32.4 Å². The van der Waals surface area contributed by atoms with Gasteiger partial charge in [-0.25, -0.2) is 0 Å². The molecule has 0 aromatic carbocycles. The van der Waals surface area contributed by atoms with Gasteiger partial charge in [0.05, 0.1) is 0 Å². The smallest absolute Gasteiger partial charge is 0.0107 e. The molecule has 0 bridgehead atoms. The molecule has 0 radical (unpaired) electrons. The van der Waals surface area contributed by atoms with Gasteiger partial charge >= 0.3 is 0 Å². The number of rotatable bonds is 8. The normalized spacial score (nSPS) is 12.0. The largest absolute Gasteiger partial charge is 0.315 e. The van der Waals surface area contributed by atoms with E-state index in [1.165, 1.54) is 19.4 Å². The van der Waals surface area contributed by atoms with Crippen molar-refractivity contribution in [1.29, 1.82) is 0 Å². The topological polar surface area (TPSA) is 15.3 Å². The van der Waals surface area contributed by atoms with Crippen molar-refractivity contribution in [3.05, 3.63) is 0 Å². The van der Waals surface area contributed by atoms with Crippen molar-refractivity contribution in [3.8, 4) is 0 Å². The van der Waals surface area contributed by atoms with Crippen LogP contribution in [0.4, 0.5) is 0 Å². The van der Waals surface area contributed by atoms with Crippen molar-refractivity contribution >= 4 is 0 Å². The number of nitrogens with zero attached hydrogens (tertiary/aromatic N) is 1. The Kier molecular flexibility index (Phi) is 8.20. The third kappa shape index (κ3) is 6.39. The van der Waals surface area contributed by atoms with Gasteiger partial charge in [-0.1, -0.05) is 27.7 Å². The zero-order chi connectivity index (χ0) is 11.0. The highest BCUT2D eigenvalue weighted by Crippen LogP contribution is 2.04. The molecule has 0 aliphatic carbocycles. The summed E-state index contributed by atoms with van der Waals surface area (Å²) in [7, 11) is 2.23. The number of hydrogen-bond acceptors (Lipinski definition) is 2. The highest BCUT2D eigenvalue weighted by Gasteiger charge is 2.08. The van der Waals surface area contributed by atoms with Gasteiger partial charge in [-0.3, -0.25) is 0 Å². The van der Waals surface area contributed by atoms with Crippen LogP contribution in [0.3, 0.4) is 0 Å². The second kappa shape index (κ2) is 8.25. The summed E-state index contributed by atoms with van der Waals surface area (Å²) in [6.45, 7) is 12.5. The van der Waals surface area contributed by atoms with E-state index in [4.69, 9.17) is 0 Å². The van der Waals surface area contributed by atoms with Crippen molar-refractivity contribution < 1.29 is 0 Å². The lowest BCUT2D eigenvalue weighted by Crippen LogP contribution is -2.37. The maximum absolute atomic E-state index is 3.48. The summed E-state index contributed by atoms with van der Waals surface area (Å²) in [5.41, 5.74) is 0. The number of likely N-dealkylation sites (N-methyl/N-ethyl adjacent to an activating group) is 1. The molecule has 0 fully saturated rings.